The number of pyridine rings is 1. The van der Waals surface area contributed by atoms with Crippen LogP contribution in [0.4, 0.5) is 17.1 Å². The highest BCUT2D eigenvalue weighted by atomic mass is 16.6. The lowest BCUT2D eigenvalue weighted by Gasteiger charge is -2.02. The molecule has 15 heteroatoms. The van der Waals surface area contributed by atoms with Crippen LogP contribution < -0.4 is 11.3 Å². The van der Waals surface area contributed by atoms with Crippen LogP contribution in [0.5, 0.6) is 5.75 Å². The average molecular weight is 411 g/mol. The number of nitrogens with two attached hydrogens (primary N) is 1. The van der Waals surface area contributed by atoms with Gasteiger partial charge in [0.1, 0.15) is 0 Å². The molecule has 5 N–H and O–H groups in total. The van der Waals surface area contributed by atoms with Crippen LogP contribution in [0.25, 0.3) is 0 Å². The van der Waals surface area contributed by atoms with Crippen molar-refractivity contribution in [3.63, 3.8) is 0 Å². The third-order valence-electron chi connectivity index (χ3n) is 3.36. The highest BCUT2D eigenvalue weighted by Crippen LogP contribution is 2.38. The van der Waals surface area contributed by atoms with E-state index in [0.717, 1.165) is 0 Å². The zero-order valence-electron chi connectivity index (χ0n) is 14.5. The highest BCUT2D eigenvalue weighted by molar-refractivity contribution is 5.89. The van der Waals surface area contributed by atoms with Crippen molar-refractivity contribution >= 4 is 23.0 Å². The molecule has 0 radical (unpaired) electrons. The summed E-state index contributed by atoms with van der Waals surface area (Å²) in [5.41, 5.74) is 2.42. The number of aryl methyl sites for hydroxylation is 1. The van der Waals surface area contributed by atoms with E-state index in [0.29, 0.717) is 17.8 Å². The largest absolute Gasteiger partial charge is 0.497 e. The normalized spacial score (nSPS) is 9.86. The third-order valence-corrected chi connectivity index (χ3v) is 3.36. The van der Waals surface area contributed by atoms with Gasteiger partial charge in [-0.05, 0) is 13.0 Å². The number of H-pyrrole nitrogens is 1. The van der Waals surface area contributed by atoms with Crippen LogP contribution in [-0.2, 0) is 6.54 Å². The van der Waals surface area contributed by atoms with Crippen molar-refractivity contribution in [3.8, 4) is 5.75 Å². The van der Waals surface area contributed by atoms with Gasteiger partial charge in [0.25, 0.3) is 17.0 Å². The Labute approximate surface area is 159 Å². The first-order valence-electron chi connectivity index (χ1n) is 7.37. The minimum absolute atomic E-state index is 0.0243. The Balaban J connectivity index is 0.000000296. The van der Waals surface area contributed by atoms with E-state index < -0.39 is 49.1 Å². The second kappa shape index (κ2) is 9.00. The number of non-ortho nitro benzene ring substituents is 1. The maximum absolute atomic E-state index is 11.2. The summed E-state index contributed by atoms with van der Waals surface area (Å²) in [6.07, 6.45) is 0. The van der Waals surface area contributed by atoms with Crippen LogP contribution in [0.3, 0.4) is 0 Å². The minimum atomic E-state index is -1.21. The number of hydrogen-bond donors (Lipinski definition) is 4. The van der Waals surface area contributed by atoms with Gasteiger partial charge in [-0.3, -0.25) is 35.1 Å². The lowest BCUT2D eigenvalue weighted by molar-refractivity contribution is -0.404. The molecule has 0 spiro atoms. The zero-order chi connectivity index (χ0) is 22.5. The number of phenols is 1. The first-order chi connectivity index (χ1) is 13.4. The number of aromatic nitrogens is 1. The quantitative estimate of drug-likeness (QED) is 0.398. The van der Waals surface area contributed by atoms with E-state index in [2.05, 4.69) is 4.98 Å². The molecule has 0 fully saturated rings. The molecule has 2 aromatic rings. The summed E-state index contributed by atoms with van der Waals surface area (Å²) in [6.45, 7) is 1.55. The number of nitro benzene ring substituents is 3. The minimum Gasteiger partial charge on any atom is -0.497 e. The molecule has 1 aromatic heterocycles. The van der Waals surface area contributed by atoms with Crippen LogP contribution in [-0.4, -0.2) is 35.9 Å². The average Bonchev–Trinajstić information content (AvgIpc) is 2.61. The summed E-state index contributed by atoms with van der Waals surface area (Å²) in [4.78, 5) is 52.1. The van der Waals surface area contributed by atoms with E-state index in [1.54, 1.807) is 6.92 Å². The molecule has 0 amide bonds. The standard InChI is InChI=1S/C8H10N2O3.C6H3N3O7/c1-4-2-5(8(12)13)6(3-9)7(11)10-4;10-6-4(8(13)14)1-3(7(11)12)2-5(6)9(15)16/h2H,3,9H2,1H3,(H,10,11)(H,12,13);1-2,10H. The van der Waals surface area contributed by atoms with Crippen molar-refractivity contribution < 1.29 is 29.8 Å². The van der Waals surface area contributed by atoms with E-state index in [1.807, 2.05) is 0 Å². The summed E-state index contributed by atoms with van der Waals surface area (Å²) in [5.74, 6) is -2.34. The number of benzene rings is 1. The number of nitro groups is 3. The fourth-order valence-electron chi connectivity index (χ4n) is 2.08. The molecule has 0 saturated heterocycles. The molecule has 1 heterocycles. The number of nitrogens with zero attached hydrogens (tertiary/aromatic N) is 3. The molecule has 0 aliphatic rings. The van der Waals surface area contributed by atoms with E-state index >= 15 is 0 Å². The smallest absolute Gasteiger partial charge is 0.336 e. The molecule has 154 valence electrons. The Bertz CT molecular complexity index is 1030. The summed E-state index contributed by atoms with van der Waals surface area (Å²) in [5, 5.41) is 49.0. The SMILES string of the molecule is Cc1cc(C(=O)O)c(CN)c(=O)[nH]1.O=[N+]([O-])c1cc([N+](=O)[O-])c(O)c([N+](=O)[O-])c1. The topological polar surface area (TPSA) is 246 Å². The number of phenolic OH excluding ortho intramolecular Hbond substituents is 1. The van der Waals surface area contributed by atoms with Gasteiger partial charge in [-0.2, -0.15) is 0 Å². The molecule has 1 aromatic carbocycles. The first-order valence-corrected chi connectivity index (χ1v) is 7.37. The molecule has 0 bridgehead atoms. The number of hydrogen-bond acceptors (Lipinski definition) is 10. The first kappa shape index (κ1) is 22.6. The van der Waals surface area contributed by atoms with Gasteiger partial charge in [0.2, 0.25) is 0 Å². The lowest BCUT2D eigenvalue weighted by Crippen LogP contribution is -2.21. The summed E-state index contributed by atoms with van der Waals surface area (Å²) in [7, 11) is 0. The van der Waals surface area contributed by atoms with Gasteiger partial charge in [0.05, 0.1) is 32.5 Å². The van der Waals surface area contributed by atoms with Gasteiger partial charge in [0.15, 0.2) is 0 Å². The number of nitrogens with one attached hydrogen (secondary N) is 1. The van der Waals surface area contributed by atoms with Crippen molar-refractivity contribution in [1.29, 1.82) is 0 Å². The van der Waals surface area contributed by atoms with Gasteiger partial charge in [-0.25, -0.2) is 4.79 Å². The van der Waals surface area contributed by atoms with Gasteiger partial charge in [0, 0.05) is 17.8 Å². The van der Waals surface area contributed by atoms with Crippen LogP contribution in [0.1, 0.15) is 21.6 Å². The van der Waals surface area contributed by atoms with E-state index in [9.17, 15) is 39.9 Å². The third kappa shape index (κ3) is 5.30. The van der Waals surface area contributed by atoms with Crippen LogP contribution in [0, 0.1) is 37.3 Å². The van der Waals surface area contributed by atoms with Crippen molar-refractivity contribution in [3.05, 3.63) is 75.7 Å². The Morgan fingerprint density at radius 2 is 1.55 bits per heavy atom. The van der Waals surface area contributed by atoms with E-state index in [1.165, 1.54) is 6.07 Å². The monoisotopic (exact) mass is 411 g/mol. The Hall–Kier alpha value is -4.40. The Kier molecular flexibility index (Phi) is 7.03. The second-order valence-corrected chi connectivity index (χ2v) is 5.29. The maximum Gasteiger partial charge on any atom is 0.336 e. The van der Waals surface area contributed by atoms with Crippen LogP contribution in [0.2, 0.25) is 0 Å². The number of aromatic carboxylic acids is 1. The molecular weight excluding hydrogens is 398 g/mol. The summed E-state index contributed by atoms with van der Waals surface area (Å²) in [6, 6.07) is 2.29. The van der Waals surface area contributed by atoms with E-state index in [4.69, 9.17) is 15.9 Å². The lowest BCUT2D eigenvalue weighted by atomic mass is 10.1. The molecule has 0 unspecified atom stereocenters. The molecule has 15 nitrogen and oxygen atoms in total. The molecule has 29 heavy (non-hydrogen) atoms. The molecule has 0 aliphatic carbocycles. The summed E-state index contributed by atoms with van der Waals surface area (Å²) < 4.78 is 0. The number of aromatic hydroxyl groups is 1. The predicted molar refractivity (Wildman–Crippen MR) is 94.7 cm³/mol. The zero-order valence-corrected chi connectivity index (χ0v) is 14.5. The molecular formula is C14H13N5O10. The van der Waals surface area contributed by atoms with E-state index in [-0.39, 0.29) is 17.7 Å². The van der Waals surface area contributed by atoms with Gasteiger partial charge in [-0.15, -0.1) is 0 Å². The number of carboxylic acids is 1. The molecule has 0 saturated carbocycles. The van der Waals surface area contributed by atoms with Crippen LogP contribution in [0.15, 0.2) is 23.0 Å². The van der Waals surface area contributed by atoms with Crippen molar-refractivity contribution in [1.82, 2.24) is 4.98 Å². The number of carboxylic acid groups (broad SMARTS) is 1. The number of aromatic amines is 1. The van der Waals surface area contributed by atoms with Crippen LogP contribution >= 0.6 is 0 Å². The molecule has 2 rings (SSSR count). The molecule has 0 aliphatic heterocycles. The highest BCUT2D eigenvalue weighted by Gasteiger charge is 2.30. The maximum atomic E-state index is 11.2. The summed E-state index contributed by atoms with van der Waals surface area (Å²) >= 11 is 0. The fourth-order valence-corrected chi connectivity index (χ4v) is 2.08. The van der Waals surface area contributed by atoms with Gasteiger partial charge in [-0.1, -0.05) is 0 Å². The number of rotatable bonds is 5. The fraction of sp³-hybridized carbons (Fsp3) is 0.143. The molecule has 0 atom stereocenters. The van der Waals surface area contributed by atoms with Crippen molar-refractivity contribution in [2.75, 3.05) is 0 Å². The van der Waals surface area contributed by atoms with Gasteiger partial charge < -0.3 is 20.9 Å². The number of carbonyl (C=O) groups is 1. The Morgan fingerprint density at radius 1 is 1.07 bits per heavy atom. The predicted octanol–water partition coefficient (Wildman–Crippen LogP) is 0.957. The second-order valence-electron chi connectivity index (χ2n) is 5.29. The van der Waals surface area contributed by atoms with Crippen molar-refractivity contribution in [2.45, 2.75) is 13.5 Å². The Morgan fingerprint density at radius 3 is 1.90 bits per heavy atom. The van der Waals surface area contributed by atoms with Gasteiger partial charge >= 0.3 is 17.3 Å². The van der Waals surface area contributed by atoms with Crippen molar-refractivity contribution in [2.24, 2.45) is 5.73 Å².